The third-order valence-electron chi connectivity index (χ3n) is 1.54. The Balaban J connectivity index is 3.50. The second kappa shape index (κ2) is 7.22. The van der Waals surface area contributed by atoms with Gasteiger partial charge in [-0.05, 0) is 0 Å². The number of hydrogen-bond acceptors (Lipinski definition) is 5. The van der Waals surface area contributed by atoms with Crippen LogP contribution in [0.1, 0.15) is 0 Å². The molecule has 0 aromatic rings. The number of likely N-dealkylation sites (N-methyl/N-ethyl adjacent to an activating group) is 1. The molecular formula is C8H20NO5P+2. The summed E-state index contributed by atoms with van der Waals surface area (Å²) in [5, 5.41) is 17.4. The van der Waals surface area contributed by atoms with Gasteiger partial charge >= 0.3 is 8.25 Å². The fraction of sp³-hybridized carbons (Fsp3) is 1.00. The zero-order valence-corrected chi connectivity index (χ0v) is 10.3. The van der Waals surface area contributed by atoms with E-state index in [9.17, 15) is 4.57 Å². The quantitative estimate of drug-likeness (QED) is 0.452. The smallest absolute Gasteiger partial charge is 0.394 e. The molecule has 2 unspecified atom stereocenters. The molecule has 2 atom stereocenters. The van der Waals surface area contributed by atoms with E-state index < -0.39 is 21.0 Å². The standard InChI is InChI=1S/C8H20NO5P/c1-9(2,3)4-5-13-15(12)14-7-8(11)6-10/h8,10-11H,4-7H2,1-3H3/q+2. The summed E-state index contributed by atoms with van der Waals surface area (Å²) in [6, 6.07) is 0. The zero-order chi connectivity index (χ0) is 11.9. The lowest BCUT2D eigenvalue weighted by Gasteiger charge is -2.21. The van der Waals surface area contributed by atoms with E-state index in [0.29, 0.717) is 17.6 Å². The second-order valence-electron chi connectivity index (χ2n) is 4.20. The number of aliphatic hydroxyl groups excluding tert-OH is 2. The molecule has 0 fully saturated rings. The van der Waals surface area contributed by atoms with Crippen molar-refractivity contribution in [2.24, 2.45) is 0 Å². The number of hydrogen-bond donors (Lipinski definition) is 2. The molecule has 0 bridgehead atoms. The van der Waals surface area contributed by atoms with Gasteiger partial charge in [0, 0.05) is 4.57 Å². The van der Waals surface area contributed by atoms with E-state index in [0.717, 1.165) is 0 Å². The van der Waals surface area contributed by atoms with Crippen LogP contribution < -0.4 is 0 Å². The van der Waals surface area contributed by atoms with Crippen molar-refractivity contribution in [3.8, 4) is 0 Å². The lowest BCUT2D eigenvalue weighted by molar-refractivity contribution is -0.870. The average Bonchev–Trinajstić information content (AvgIpc) is 2.12. The van der Waals surface area contributed by atoms with Crippen molar-refractivity contribution in [3.63, 3.8) is 0 Å². The zero-order valence-electron chi connectivity index (χ0n) is 9.42. The van der Waals surface area contributed by atoms with E-state index in [1.54, 1.807) is 0 Å². The minimum absolute atomic E-state index is 0.184. The van der Waals surface area contributed by atoms with Gasteiger partial charge in [0.15, 0.2) is 6.61 Å². The van der Waals surface area contributed by atoms with Gasteiger partial charge in [-0.2, -0.15) is 0 Å². The molecule has 2 N–H and O–H groups in total. The van der Waals surface area contributed by atoms with Crippen LogP contribution in [0.3, 0.4) is 0 Å². The summed E-state index contributed by atoms with van der Waals surface area (Å²) in [6.45, 7) is 0.443. The summed E-state index contributed by atoms with van der Waals surface area (Å²) in [6.07, 6.45) is -1.01. The van der Waals surface area contributed by atoms with Crippen LogP contribution in [-0.2, 0) is 13.6 Å². The maximum absolute atomic E-state index is 11.1. The van der Waals surface area contributed by atoms with Crippen molar-refractivity contribution in [2.75, 3.05) is 47.5 Å². The Kier molecular flexibility index (Phi) is 7.17. The van der Waals surface area contributed by atoms with Gasteiger partial charge in [0.1, 0.15) is 19.3 Å². The Bertz CT molecular complexity index is 194. The Hall–Kier alpha value is -0.100. The Morgan fingerprint density at radius 3 is 2.40 bits per heavy atom. The van der Waals surface area contributed by atoms with Gasteiger partial charge in [0.2, 0.25) is 0 Å². The molecule has 0 saturated heterocycles. The van der Waals surface area contributed by atoms with Gasteiger partial charge in [0.05, 0.1) is 27.7 Å². The summed E-state index contributed by atoms with van der Waals surface area (Å²) in [7, 11) is 3.78. The number of quaternary nitrogens is 1. The van der Waals surface area contributed by atoms with E-state index >= 15 is 0 Å². The second-order valence-corrected chi connectivity index (χ2v) is 5.17. The Morgan fingerprint density at radius 1 is 1.33 bits per heavy atom. The lowest BCUT2D eigenvalue weighted by Crippen LogP contribution is -2.37. The number of nitrogens with zero attached hydrogens (tertiary/aromatic N) is 1. The fourth-order valence-corrected chi connectivity index (χ4v) is 1.23. The maximum Gasteiger partial charge on any atom is 0.697 e. The third kappa shape index (κ3) is 10.2. The lowest BCUT2D eigenvalue weighted by atomic mass is 10.4. The number of aliphatic hydroxyl groups is 2. The van der Waals surface area contributed by atoms with E-state index in [4.69, 9.17) is 14.7 Å². The van der Waals surface area contributed by atoms with Gasteiger partial charge in [-0.15, -0.1) is 9.05 Å². The molecule has 0 aliphatic rings. The van der Waals surface area contributed by atoms with Crippen molar-refractivity contribution in [2.45, 2.75) is 6.10 Å². The van der Waals surface area contributed by atoms with Gasteiger partial charge in [-0.3, -0.25) is 0 Å². The first-order chi connectivity index (χ1) is 6.85. The topological polar surface area (TPSA) is 76.0 Å². The van der Waals surface area contributed by atoms with Crippen LogP contribution in [-0.4, -0.2) is 68.3 Å². The highest BCUT2D eigenvalue weighted by Gasteiger charge is 2.23. The molecule has 6 nitrogen and oxygen atoms in total. The predicted molar refractivity (Wildman–Crippen MR) is 55.5 cm³/mol. The van der Waals surface area contributed by atoms with E-state index in [2.05, 4.69) is 4.52 Å². The van der Waals surface area contributed by atoms with Crippen LogP contribution >= 0.6 is 8.25 Å². The molecule has 0 aromatic carbocycles. The molecular weight excluding hydrogens is 221 g/mol. The van der Waals surface area contributed by atoms with E-state index in [-0.39, 0.29) is 6.61 Å². The molecule has 0 rings (SSSR count). The molecule has 0 aliphatic heterocycles. The minimum atomic E-state index is -2.20. The van der Waals surface area contributed by atoms with Crippen LogP contribution in [0.2, 0.25) is 0 Å². The van der Waals surface area contributed by atoms with Gasteiger partial charge in [-0.25, -0.2) is 0 Å². The van der Waals surface area contributed by atoms with E-state index in [1.165, 1.54) is 0 Å². The van der Waals surface area contributed by atoms with Crippen molar-refractivity contribution < 1.29 is 28.3 Å². The van der Waals surface area contributed by atoms with Crippen molar-refractivity contribution in [1.82, 2.24) is 0 Å². The monoisotopic (exact) mass is 241 g/mol. The number of rotatable bonds is 8. The molecule has 0 saturated carbocycles. The van der Waals surface area contributed by atoms with Crippen LogP contribution in [0.5, 0.6) is 0 Å². The highest BCUT2D eigenvalue weighted by molar-refractivity contribution is 7.33. The minimum Gasteiger partial charge on any atom is -0.394 e. The molecule has 0 radical (unpaired) electrons. The fourth-order valence-electron chi connectivity index (χ4n) is 0.626. The highest BCUT2D eigenvalue weighted by atomic mass is 31.1. The molecule has 90 valence electrons. The molecule has 15 heavy (non-hydrogen) atoms. The normalized spacial score (nSPS) is 15.1. The first-order valence-corrected chi connectivity index (χ1v) is 5.77. The van der Waals surface area contributed by atoms with Gasteiger partial charge in [0.25, 0.3) is 0 Å². The third-order valence-corrected chi connectivity index (χ3v) is 2.30. The SMILES string of the molecule is C[N+](C)(C)CCO[P+](=O)OCC(O)CO. The average molecular weight is 241 g/mol. The van der Waals surface area contributed by atoms with Gasteiger partial charge < -0.3 is 14.7 Å². The summed E-state index contributed by atoms with van der Waals surface area (Å²) in [4.78, 5) is 0. The summed E-state index contributed by atoms with van der Waals surface area (Å²) >= 11 is 0. The van der Waals surface area contributed by atoms with Crippen LogP contribution in [0.15, 0.2) is 0 Å². The molecule has 0 aromatic heterocycles. The van der Waals surface area contributed by atoms with Crippen molar-refractivity contribution in [3.05, 3.63) is 0 Å². The Morgan fingerprint density at radius 2 is 1.93 bits per heavy atom. The van der Waals surface area contributed by atoms with Crippen LogP contribution in [0.4, 0.5) is 0 Å². The largest absolute Gasteiger partial charge is 0.697 e. The summed E-state index contributed by atoms with van der Waals surface area (Å²) < 4.78 is 21.3. The first-order valence-electron chi connectivity index (χ1n) is 4.67. The van der Waals surface area contributed by atoms with E-state index in [1.807, 2.05) is 21.1 Å². The Labute approximate surface area is 91.0 Å². The van der Waals surface area contributed by atoms with Gasteiger partial charge in [-0.1, -0.05) is 0 Å². The molecule has 0 amide bonds. The molecule has 7 heteroatoms. The van der Waals surface area contributed by atoms with Crippen LogP contribution in [0.25, 0.3) is 0 Å². The maximum atomic E-state index is 11.1. The molecule has 0 heterocycles. The first kappa shape index (κ1) is 14.9. The van der Waals surface area contributed by atoms with Crippen molar-refractivity contribution in [1.29, 1.82) is 0 Å². The molecule has 0 spiro atoms. The summed E-state index contributed by atoms with van der Waals surface area (Å²) in [5.41, 5.74) is 0. The van der Waals surface area contributed by atoms with Crippen molar-refractivity contribution >= 4 is 8.25 Å². The highest BCUT2D eigenvalue weighted by Crippen LogP contribution is 2.23. The van der Waals surface area contributed by atoms with Crippen LogP contribution in [0, 0.1) is 0 Å². The molecule has 0 aliphatic carbocycles. The summed E-state index contributed by atoms with van der Waals surface area (Å²) in [5.74, 6) is 0. The predicted octanol–water partition coefficient (Wildman–Crippen LogP) is -0.264.